The van der Waals surface area contributed by atoms with Gasteiger partial charge in [-0.15, -0.1) is 11.6 Å². The zero-order valence-corrected chi connectivity index (χ0v) is 10.2. The second kappa shape index (κ2) is 5.48. The van der Waals surface area contributed by atoms with E-state index >= 15 is 0 Å². The molecule has 0 bridgehead atoms. The number of alkyl halides is 1. The van der Waals surface area contributed by atoms with Crippen LogP contribution >= 0.6 is 11.6 Å². The minimum Gasteiger partial charge on any atom is -0.354 e. The zero-order valence-electron chi connectivity index (χ0n) is 9.45. The molecule has 4 heteroatoms. The van der Waals surface area contributed by atoms with Gasteiger partial charge in [0.15, 0.2) is 0 Å². The van der Waals surface area contributed by atoms with E-state index in [1.807, 2.05) is 6.07 Å². The first-order valence-electron chi connectivity index (χ1n) is 5.92. The van der Waals surface area contributed by atoms with Crippen LogP contribution in [0.5, 0.6) is 0 Å². The summed E-state index contributed by atoms with van der Waals surface area (Å²) in [6, 6.07) is 1.82. The summed E-state index contributed by atoms with van der Waals surface area (Å²) in [6.07, 6.45) is 9.88. The summed E-state index contributed by atoms with van der Waals surface area (Å²) in [5.74, 6) is 1.44. The Bertz CT molecular complexity index is 309. The number of nitrogens with zero attached hydrogens (tertiary/aromatic N) is 2. The average Bonchev–Trinajstić information content (AvgIpc) is 2.39. The maximum absolute atomic E-state index is 6.12. The van der Waals surface area contributed by atoms with Crippen LogP contribution in [0.25, 0.3) is 0 Å². The van der Waals surface area contributed by atoms with Crippen LogP contribution < -0.4 is 5.32 Å². The average molecular weight is 240 g/mol. The molecule has 1 aliphatic carbocycles. The fraction of sp³-hybridized carbons (Fsp3) is 0.667. The quantitative estimate of drug-likeness (QED) is 0.821. The molecular formula is C12H18ClN3. The van der Waals surface area contributed by atoms with E-state index in [0.717, 1.165) is 12.4 Å². The predicted octanol–water partition coefficient (Wildman–Crippen LogP) is 3.08. The van der Waals surface area contributed by atoms with Crippen LogP contribution in [0.2, 0.25) is 0 Å². The Hall–Kier alpha value is -0.830. The smallest absolute Gasteiger partial charge is 0.222 e. The van der Waals surface area contributed by atoms with E-state index in [9.17, 15) is 0 Å². The molecule has 0 amide bonds. The van der Waals surface area contributed by atoms with Crippen molar-refractivity contribution in [3.05, 3.63) is 18.5 Å². The van der Waals surface area contributed by atoms with Crippen molar-refractivity contribution in [2.45, 2.75) is 32.1 Å². The molecule has 2 rings (SSSR count). The number of hydrogen-bond donors (Lipinski definition) is 1. The molecule has 88 valence electrons. The van der Waals surface area contributed by atoms with Gasteiger partial charge in [0.1, 0.15) is 0 Å². The van der Waals surface area contributed by atoms with Crippen molar-refractivity contribution in [2.75, 3.05) is 17.7 Å². The fourth-order valence-corrected chi connectivity index (χ4v) is 2.68. The number of aromatic nitrogens is 2. The van der Waals surface area contributed by atoms with Crippen molar-refractivity contribution in [3.8, 4) is 0 Å². The summed E-state index contributed by atoms with van der Waals surface area (Å²) in [5.41, 5.74) is 0.249. The molecule has 0 aliphatic heterocycles. The normalized spacial score (nSPS) is 19.3. The topological polar surface area (TPSA) is 37.8 Å². The highest BCUT2D eigenvalue weighted by molar-refractivity contribution is 6.18. The molecule has 1 fully saturated rings. The molecule has 1 aliphatic rings. The molecule has 1 heterocycles. The third-order valence-corrected chi connectivity index (χ3v) is 3.95. The number of hydrogen-bond acceptors (Lipinski definition) is 3. The molecule has 0 saturated heterocycles. The maximum atomic E-state index is 6.12. The van der Waals surface area contributed by atoms with Crippen LogP contribution in [0.15, 0.2) is 18.5 Å². The largest absolute Gasteiger partial charge is 0.354 e. The van der Waals surface area contributed by atoms with Gasteiger partial charge in [0, 0.05) is 30.2 Å². The number of rotatable bonds is 4. The second-order valence-corrected chi connectivity index (χ2v) is 4.89. The molecule has 3 nitrogen and oxygen atoms in total. The Morgan fingerprint density at radius 2 is 1.88 bits per heavy atom. The maximum Gasteiger partial charge on any atom is 0.222 e. The highest BCUT2D eigenvalue weighted by Gasteiger charge is 2.31. The molecule has 0 radical (unpaired) electrons. The second-order valence-electron chi connectivity index (χ2n) is 4.62. The van der Waals surface area contributed by atoms with Gasteiger partial charge in [-0.3, -0.25) is 0 Å². The third-order valence-electron chi connectivity index (χ3n) is 3.38. The predicted molar refractivity (Wildman–Crippen MR) is 66.8 cm³/mol. The minimum absolute atomic E-state index is 0.249. The highest BCUT2D eigenvalue weighted by Crippen LogP contribution is 2.37. The number of halogens is 1. The zero-order chi connectivity index (χ0) is 11.3. The molecule has 0 unspecified atom stereocenters. The van der Waals surface area contributed by atoms with Gasteiger partial charge in [-0.1, -0.05) is 19.3 Å². The Balaban J connectivity index is 1.92. The van der Waals surface area contributed by atoms with Crippen molar-refractivity contribution in [1.82, 2.24) is 9.97 Å². The molecule has 0 spiro atoms. The van der Waals surface area contributed by atoms with Gasteiger partial charge < -0.3 is 5.32 Å². The molecule has 1 saturated carbocycles. The van der Waals surface area contributed by atoms with Gasteiger partial charge in [-0.25, -0.2) is 9.97 Å². The van der Waals surface area contributed by atoms with E-state index in [0.29, 0.717) is 5.95 Å². The Labute approximate surface area is 102 Å². The van der Waals surface area contributed by atoms with E-state index in [-0.39, 0.29) is 5.41 Å². The van der Waals surface area contributed by atoms with Gasteiger partial charge in [0.2, 0.25) is 5.95 Å². The van der Waals surface area contributed by atoms with Crippen LogP contribution in [0, 0.1) is 5.41 Å². The molecule has 1 aromatic heterocycles. The van der Waals surface area contributed by atoms with Crippen molar-refractivity contribution in [3.63, 3.8) is 0 Å². The van der Waals surface area contributed by atoms with Crippen LogP contribution in [0.1, 0.15) is 32.1 Å². The van der Waals surface area contributed by atoms with Crippen molar-refractivity contribution in [1.29, 1.82) is 0 Å². The van der Waals surface area contributed by atoms with E-state index in [2.05, 4.69) is 15.3 Å². The van der Waals surface area contributed by atoms with Gasteiger partial charge in [0.05, 0.1) is 0 Å². The summed E-state index contributed by atoms with van der Waals surface area (Å²) in [6.45, 7) is 0.889. The van der Waals surface area contributed by atoms with Crippen molar-refractivity contribution >= 4 is 17.5 Å². The Kier molecular flexibility index (Phi) is 3.99. The first-order chi connectivity index (χ1) is 7.85. The summed E-state index contributed by atoms with van der Waals surface area (Å²) in [5, 5.41) is 3.30. The molecule has 16 heavy (non-hydrogen) atoms. The SMILES string of the molecule is ClCC1(CNc2ncccn2)CCCCC1. The van der Waals surface area contributed by atoms with Gasteiger partial charge in [0.25, 0.3) is 0 Å². The van der Waals surface area contributed by atoms with Crippen LogP contribution in [0.4, 0.5) is 5.95 Å². The van der Waals surface area contributed by atoms with E-state index in [4.69, 9.17) is 11.6 Å². The van der Waals surface area contributed by atoms with E-state index in [1.54, 1.807) is 12.4 Å². The number of nitrogens with one attached hydrogen (secondary N) is 1. The molecule has 0 atom stereocenters. The highest BCUT2D eigenvalue weighted by atomic mass is 35.5. The Morgan fingerprint density at radius 3 is 2.50 bits per heavy atom. The molecule has 0 aromatic carbocycles. The lowest BCUT2D eigenvalue weighted by atomic mass is 9.75. The van der Waals surface area contributed by atoms with Gasteiger partial charge in [-0.2, -0.15) is 0 Å². The molecule has 1 N–H and O–H groups in total. The summed E-state index contributed by atoms with van der Waals surface area (Å²) >= 11 is 6.12. The summed E-state index contributed by atoms with van der Waals surface area (Å²) < 4.78 is 0. The van der Waals surface area contributed by atoms with Gasteiger partial charge >= 0.3 is 0 Å². The van der Waals surface area contributed by atoms with Crippen LogP contribution in [0.3, 0.4) is 0 Å². The fourth-order valence-electron chi connectivity index (χ4n) is 2.32. The third kappa shape index (κ3) is 2.85. The van der Waals surface area contributed by atoms with E-state index in [1.165, 1.54) is 32.1 Å². The molecular weight excluding hydrogens is 222 g/mol. The standard InChI is InChI=1S/C12H18ClN3/c13-9-12(5-2-1-3-6-12)10-16-11-14-7-4-8-15-11/h4,7-8H,1-3,5-6,9-10H2,(H,14,15,16). The number of anilines is 1. The summed E-state index contributed by atoms with van der Waals surface area (Å²) in [4.78, 5) is 8.33. The first kappa shape index (κ1) is 11.6. The Morgan fingerprint density at radius 1 is 1.19 bits per heavy atom. The first-order valence-corrected chi connectivity index (χ1v) is 6.45. The lowest BCUT2D eigenvalue weighted by Crippen LogP contribution is -2.34. The lowest BCUT2D eigenvalue weighted by molar-refractivity contribution is 0.237. The molecule has 1 aromatic rings. The van der Waals surface area contributed by atoms with E-state index < -0.39 is 0 Å². The van der Waals surface area contributed by atoms with Crippen LogP contribution in [-0.4, -0.2) is 22.4 Å². The summed E-state index contributed by atoms with van der Waals surface area (Å²) in [7, 11) is 0. The lowest BCUT2D eigenvalue weighted by Gasteiger charge is -2.35. The van der Waals surface area contributed by atoms with Crippen molar-refractivity contribution in [2.24, 2.45) is 5.41 Å². The van der Waals surface area contributed by atoms with Gasteiger partial charge in [-0.05, 0) is 18.9 Å². The van der Waals surface area contributed by atoms with Crippen molar-refractivity contribution < 1.29 is 0 Å². The minimum atomic E-state index is 0.249. The van der Waals surface area contributed by atoms with Crippen LogP contribution in [-0.2, 0) is 0 Å². The monoisotopic (exact) mass is 239 g/mol.